The number of aliphatic hydroxyl groups excluding tert-OH is 1. The number of rotatable bonds is 5. The van der Waals surface area contributed by atoms with E-state index in [4.69, 9.17) is 4.74 Å². The number of hydrogen-bond acceptors (Lipinski definition) is 3. The Morgan fingerprint density at radius 2 is 2.06 bits per heavy atom. The van der Waals surface area contributed by atoms with Crippen molar-refractivity contribution in [3.05, 3.63) is 29.3 Å². The molecule has 0 heterocycles. The summed E-state index contributed by atoms with van der Waals surface area (Å²) in [5.41, 5.74) is 1.56. The zero-order chi connectivity index (χ0) is 13.0. The summed E-state index contributed by atoms with van der Waals surface area (Å²) in [6, 6.07) is 5.34. The summed E-state index contributed by atoms with van der Waals surface area (Å²) < 4.78 is 5.41. The first kappa shape index (κ1) is 13.7. The first-order chi connectivity index (χ1) is 7.97. The lowest BCUT2D eigenvalue weighted by Gasteiger charge is -2.14. The molecule has 1 rings (SSSR count). The average molecular weight is 236 g/mol. The highest BCUT2D eigenvalue weighted by molar-refractivity contribution is 5.85. The van der Waals surface area contributed by atoms with Gasteiger partial charge in [-0.2, -0.15) is 0 Å². The minimum absolute atomic E-state index is 0.159. The molecule has 0 aliphatic heterocycles. The maximum Gasteiger partial charge on any atom is 0.168 e. The first-order valence-electron chi connectivity index (χ1n) is 5.92. The number of Topliss-reactive ketones (excluding diaryl/α,β-unsaturated/α-hetero) is 1. The van der Waals surface area contributed by atoms with E-state index in [0.717, 1.165) is 11.3 Å². The second-order valence-corrected chi connectivity index (χ2v) is 4.42. The summed E-state index contributed by atoms with van der Waals surface area (Å²) in [5, 5.41) is 9.91. The van der Waals surface area contributed by atoms with Crippen molar-refractivity contribution in [3.63, 3.8) is 0 Å². The Morgan fingerprint density at radius 3 is 2.53 bits per heavy atom. The van der Waals surface area contributed by atoms with Gasteiger partial charge in [0.1, 0.15) is 11.9 Å². The molecule has 0 bridgehead atoms. The summed E-state index contributed by atoms with van der Waals surface area (Å²) in [6.07, 6.45) is -1.04. The topological polar surface area (TPSA) is 46.5 Å². The van der Waals surface area contributed by atoms with Gasteiger partial charge in [-0.1, -0.05) is 19.9 Å². The lowest BCUT2D eigenvalue weighted by Crippen LogP contribution is -2.17. The fraction of sp³-hybridized carbons (Fsp3) is 0.500. The van der Waals surface area contributed by atoms with Gasteiger partial charge in [-0.05, 0) is 37.1 Å². The maximum absolute atomic E-state index is 11.7. The molecule has 94 valence electrons. The largest absolute Gasteiger partial charge is 0.494 e. The molecule has 1 atom stereocenters. The second kappa shape index (κ2) is 5.82. The van der Waals surface area contributed by atoms with Crippen LogP contribution in [-0.4, -0.2) is 17.5 Å². The first-order valence-corrected chi connectivity index (χ1v) is 5.92. The number of hydrogen-bond donors (Lipinski definition) is 1. The van der Waals surface area contributed by atoms with E-state index in [9.17, 15) is 9.90 Å². The summed E-state index contributed by atoms with van der Waals surface area (Å²) >= 11 is 0. The van der Waals surface area contributed by atoms with Crippen molar-refractivity contribution >= 4 is 5.78 Å². The van der Waals surface area contributed by atoms with Gasteiger partial charge in [-0.3, -0.25) is 4.79 Å². The van der Waals surface area contributed by atoms with Crippen molar-refractivity contribution in [1.82, 2.24) is 0 Å². The van der Waals surface area contributed by atoms with E-state index in [1.807, 2.05) is 13.8 Å². The normalized spacial score (nSPS) is 12.6. The molecule has 1 unspecified atom stereocenters. The van der Waals surface area contributed by atoms with E-state index in [2.05, 4.69) is 0 Å². The van der Waals surface area contributed by atoms with E-state index in [0.29, 0.717) is 12.2 Å². The van der Waals surface area contributed by atoms with E-state index in [-0.39, 0.29) is 11.7 Å². The third kappa shape index (κ3) is 3.30. The molecule has 0 saturated carbocycles. The zero-order valence-corrected chi connectivity index (χ0v) is 10.9. The standard InChI is InChI=1S/C14H20O3/c1-5-17-12-7-6-11(8-10(12)4)14(16)13(15)9(2)3/h6-9,14,16H,5H2,1-4H3. The van der Waals surface area contributed by atoms with Gasteiger partial charge in [0.15, 0.2) is 5.78 Å². The molecule has 1 N–H and O–H groups in total. The number of ether oxygens (including phenoxy) is 1. The van der Waals surface area contributed by atoms with Crippen LogP contribution in [0.2, 0.25) is 0 Å². The molecular formula is C14H20O3. The molecule has 3 nitrogen and oxygen atoms in total. The quantitative estimate of drug-likeness (QED) is 0.855. The Hall–Kier alpha value is -1.35. The van der Waals surface area contributed by atoms with Crippen LogP contribution in [0.15, 0.2) is 18.2 Å². The zero-order valence-electron chi connectivity index (χ0n) is 10.9. The number of carbonyl (C=O) groups is 1. The summed E-state index contributed by atoms with van der Waals surface area (Å²) in [5.74, 6) is 0.464. The van der Waals surface area contributed by atoms with Crippen molar-refractivity contribution < 1.29 is 14.6 Å². The van der Waals surface area contributed by atoms with Crippen molar-refractivity contribution in [3.8, 4) is 5.75 Å². The highest BCUT2D eigenvalue weighted by atomic mass is 16.5. The fourth-order valence-electron chi connectivity index (χ4n) is 1.64. The minimum atomic E-state index is -1.04. The third-order valence-electron chi connectivity index (χ3n) is 2.65. The lowest BCUT2D eigenvalue weighted by atomic mass is 9.97. The Bertz CT molecular complexity index is 396. The highest BCUT2D eigenvalue weighted by Gasteiger charge is 2.20. The molecule has 0 spiro atoms. The Kier molecular flexibility index (Phi) is 4.70. The second-order valence-electron chi connectivity index (χ2n) is 4.42. The summed E-state index contributed by atoms with van der Waals surface area (Å²) in [6.45, 7) is 8.00. The van der Waals surface area contributed by atoms with E-state index >= 15 is 0 Å². The number of aryl methyl sites for hydroxylation is 1. The maximum atomic E-state index is 11.7. The Labute approximate surface area is 102 Å². The van der Waals surface area contributed by atoms with Crippen molar-refractivity contribution in [1.29, 1.82) is 0 Å². The number of aliphatic hydroxyl groups is 1. The van der Waals surface area contributed by atoms with Crippen LogP contribution in [-0.2, 0) is 4.79 Å². The van der Waals surface area contributed by atoms with Crippen LogP contribution in [0.4, 0.5) is 0 Å². The number of benzene rings is 1. The molecule has 0 aliphatic rings. The van der Waals surface area contributed by atoms with Crippen molar-refractivity contribution in [2.75, 3.05) is 6.61 Å². The van der Waals surface area contributed by atoms with Crippen molar-refractivity contribution in [2.24, 2.45) is 5.92 Å². The molecule has 1 aromatic carbocycles. The van der Waals surface area contributed by atoms with Gasteiger partial charge in [0.2, 0.25) is 0 Å². The van der Waals surface area contributed by atoms with Gasteiger partial charge >= 0.3 is 0 Å². The predicted octanol–water partition coefficient (Wildman–Crippen LogP) is 2.65. The number of ketones is 1. The van der Waals surface area contributed by atoms with Crippen LogP contribution in [0.1, 0.15) is 38.0 Å². The molecule has 0 amide bonds. The van der Waals surface area contributed by atoms with Gasteiger partial charge in [-0.15, -0.1) is 0 Å². The average Bonchev–Trinajstić information content (AvgIpc) is 2.30. The molecule has 3 heteroatoms. The van der Waals surface area contributed by atoms with E-state index in [1.54, 1.807) is 32.0 Å². The fourth-order valence-corrected chi connectivity index (χ4v) is 1.64. The van der Waals surface area contributed by atoms with Crippen molar-refractivity contribution in [2.45, 2.75) is 33.8 Å². The van der Waals surface area contributed by atoms with Crippen LogP contribution in [0.3, 0.4) is 0 Å². The molecule has 0 saturated heterocycles. The molecule has 1 aromatic rings. The van der Waals surface area contributed by atoms with Gasteiger partial charge < -0.3 is 9.84 Å². The smallest absolute Gasteiger partial charge is 0.168 e. The monoisotopic (exact) mass is 236 g/mol. The molecule has 0 fully saturated rings. The Morgan fingerprint density at radius 1 is 1.41 bits per heavy atom. The van der Waals surface area contributed by atoms with Crippen LogP contribution < -0.4 is 4.74 Å². The van der Waals surface area contributed by atoms with Crippen LogP contribution >= 0.6 is 0 Å². The SMILES string of the molecule is CCOc1ccc(C(O)C(=O)C(C)C)cc1C. The third-order valence-corrected chi connectivity index (χ3v) is 2.65. The molecule has 17 heavy (non-hydrogen) atoms. The minimum Gasteiger partial charge on any atom is -0.494 e. The van der Waals surface area contributed by atoms with Gasteiger partial charge in [-0.25, -0.2) is 0 Å². The molecule has 0 aromatic heterocycles. The number of carbonyl (C=O) groups excluding carboxylic acids is 1. The van der Waals surface area contributed by atoms with Gasteiger partial charge in [0.05, 0.1) is 6.61 Å². The molecule has 0 aliphatic carbocycles. The van der Waals surface area contributed by atoms with Crippen LogP contribution in [0.5, 0.6) is 5.75 Å². The van der Waals surface area contributed by atoms with Gasteiger partial charge in [0.25, 0.3) is 0 Å². The molecular weight excluding hydrogens is 216 g/mol. The Balaban J connectivity index is 2.93. The van der Waals surface area contributed by atoms with Gasteiger partial charge in [0, 0.05) is 5.92 Å². The highest BCUT2D eigenvalue weighted by Crippen LogP contribution is 2.24. The van der Waals surface area contributed by atoms with E-state index < -0.39 is 6.10 Å². The summed E-state index contributed by atoms with van der Waals surface area (Å²) in [7, 11) is 0. The lowest BCUT2D eigenvalue weighted by molar-refractivity contribution is -0.130. The predicted molar refractivity (Wildman–Crippen MR) is 67.2 cm³/mol. The van der Waals surface area contributed by atoms with Crippen LogP contribution in [0, 0.1) is 12.8 Å². The molecule has 0 radical (unpaired) electrons. The van der Waals surface area contributed by atoms with Crippen LogP contribution in [0.25, 0.3) is 0 Å². The van der Waals surface area contributed by atoms with E-state index in [1.165, 1.54) is 0 Å². The summed E-state index contributed by atoms with van der Waals surface area (Å²) in [4.78, 5) is 11.7.